The molecule has 0 aliphatic carbocycles. The van der Waals surface area contributed by atoms with Crippen LogP contribution in [-0.4, -0.2) is 6.61 Å². The fourth-order valence-electron chi connectivity index (χ4n) is 2.65. The lowest BCUT2D eigenvalue weighted by Gasteiger charge is -2.16. The van der Waals surface area contributed by atoms with Crippen molar-refractivity contribution in [2.75, 3.05) is 11.9 Å². The Hall–Kier alpha value is -1.40. The highest BCUT2D eigenvalue weighted by Crippen LogP contribution is 2.35. The number of hydrogen-bond acceptors (Lipinski definition) is 3. The van der Waals surface area contributed by atoms with E-state index in [0.717, 1.165) is 25.8 Å². The van der Waals surface area contributed by atoms with Crippen LogP contribution in [0.4, 0.5) is 5.69 Å². The van der Waals surface area contributed by atoms with Gasteiger partial charge in [0.2, 0.25) is 0 Å². The minimum atomic E-state index is 0.361. The molecule has 0 heterocycles. The minimum Gasteiger partial charge on any atom is -0.490 e. The smallest absolute Gasteiger partial charge is 0.162 e. The van der Waals surface area contributed by atoms with Crippen LogP contribution in [0.3, 0.4) is 0 Å². The Balaban J connectivity index is 1.74. The van der Waals surface area contributed by atoms with E-state index in [-0.39, 0.29) is 0 Å². The van der Waals surface area contributed by atoms with Crippen molar-refractivity contribution in [1.29, 1.82) is 0 Å². The Morgan fingerprint density at radius 2 is 1.59 bits per heavy atom. The Morgan fingerprint density at radius 3 is 2.28 bits per heavy atom. The first kappa shape index (κ1) is 22.3. The minimum absolute atomic E-state index is 0.361. The molecular formula is C22H19Br2Cl2NO2. The molecule has 1 N–H and O–H groups in total. The first-order chi connectivity index (χ1) is 14.0. The molecule has 0 bridgehead atoms. The average molecular weight is 560 g/mol. The van der Waals surface area contributed by atoms with Crippen LogP contribution < -0.4 is 14.8 Å². The van der Waals surface area contributed by atoms with Crippen molar-refractivity contribution in [1.82, 2.24) is 0 Å². The summed E-state index contributed by atoms with van der Waals surface area (Å²) in [4.78, 5) is 0. The summed E-state index contributed by atoms with van der Waals surface area (Å²) in [5.41, 5.74) is 3.04. The third-order valence-corrected chi connectivity index (χ3v) is 6.12. The summed E-state index contributed by atoms with van der Waals surface area (Å²) in [6.07, 6.45) is 0. The van der Waals surface area contributed by atoms with Crippen LogP contribution in [0.25, 0.3) is 0 Å². The maximum atomic E-state index is 6.09. The Morgan fingerprint density at radius 1 is 0.862 bits per heavy atom. The number of ether oxygens (including phenoxy) is 2. The molecule has 0 aromatic heterocycles. The molecule has 3 rings (SSSR count). The van der Waals surface area contributed by atoms with Crippen molar-refractivity contribution in [3.8, 4) is 11.5 Å². The van der Waals surface area contributed by atoms with Gasteiger partial charge in [0.25, 0.3) is 0 Å². The molecule has 0 radical (unpaired) electrons. The normalized spacial score (nSPS) is 10.7. The van der Waals surface area contributed by atoms with Gasteiger partial charge in [0.05, 0.1) is 16.7 Å². The third kappa shape index (κ3) is 6.29. The molecule has 0 unspecified atom stereocenters. The van der Waals surface area contributed by atoms with Crippen LogP contribution in [-0.2, 0) is 13.2 Å². The van der Waals surface area contributed by atoms with Crippen molar-refractivity contribution in [2.45, 2.75) is 20.1 Å². The summed E-state index contributed by atoms with van der Waals surface area (Å²) >= 11 is 19.2. The maximum Gasteiger partial charge on any atom is 0.162 e. The van der Waals surface area contributed by atoms with E-state index in [1.165, 1.54) is 0 Å². The molecule has 0 atom stereocenters. The molecular weight excluding hydrogens is 541 g/mol. The molecule has 0 saturated carbocycles. The number of anilines is 1. The predicted molar refractivity (Wildman–Crippen MR) is 128 cm³/mol. The molecule has 152 valence electrons. The molecule has 3 nitrogen and oxygen atoms in total. The van der Waals surface area contributed by atoms with Gasteiger partial charge >= 0.3 is 0 Å². The van der Waals surface area contributed by atoms with E-state index in [1.807, 2.05) is 49.4 Å². The molecule has 0 aliphatic heterocycles. The molecule has 3 aromatic rings. The second kappa shape index (κ2) is 10.6. The zero-order chi connectivity index (χ0) is 20.8. The summed E-state index contributed by atoms with van der Waals surface area (Å²) in [5.74, 6) is 1.36. The second-order valence-electron chi connectivity index (χ2n) is 6.22. The average Bonchev–Trinajstić information content (AvgIpc) is 2.70. The van der Waals surface area contributed by atoms with Crippen LogP contribution >= 0.6 is 55.1 Å². The molecule has 0 aliphatic rings. The lowest BCUT2D eigenvalue weighted by molar-refractivity contribution is 0.269. The van der Waals surface area contributed by atoms with Crippen LogP contribution in [0.15, 0.2) is 63.5 Å². The zero-order valence-corrected chi connectivity index (χ0v) is 20.3. The van der Waals surface area contributed by atoms with E-state index in [4.69, 9.17) is 32.7 Å². The first-order valence-electron chi connectivity index (χ1n) is 8.97. The topological polar surface area (TPSA) is 30.5 Å². The fraction of sp³-hybridized carbons (Fsp3) is 0.182. The fourth-order valence-corrected chi connectivity index (χ4v) is 3.70. The highest BCUT2D eigenvalue weighted by Gasteiger charge is 2.12. The highest BCUT2D eigenvalue weighted by atomic mass is 79.9. The largest absolute Gasteiger partial charge is 0.490 e. The van der Waals surface area contributed by atoms with Crippen molar-refractivity contribution in [3.05, 3.63) is 84.7 Å². The Kier molecular flexibility index (Phi) is 8.13. The van der Waals surface area contributed by atoms with E-state index >= 15 is 0 Å². The van der Waals surface area contributed by atoms with Crippen LogP contribution in [0.5, 0.6) is 11.5 Å². The van der Waals surface area contributed by atoms with Crippen molar-refractivity contribution >= 4 is 60.7 Å². The van der Waals surface area contributed by atoms with Crippen LogP contribution in [0, 0.1) is 0 Å². The molecule has 3 aromatic carbocycles. The molecule has 0 fully saturated rings. The van der Waals surface area contributed by atoms with Gasteiger partial charge in [-0.15, -0.1) is 0 Å². The number of halogens is 4. The molecule has 0 saturated heterocycles. The van der Waals surface area contributed by atoms with Gasteiger partial charge in [0.1, 0.15) is 6.61 Å². The van der Waals surface area contributed by atoms with E-state index in [9.17, 15) is 0 Å². The third-order valence-electron chi connectivity index (χ3n) is 4.12. The summed E-state index contributed by atoms with van der Waals surface area (Å²) in [7, 11) is 0. The van der Waals surface area contributed by atoms with E-state index < -0.39 is 0 Å². The van der Waals surface area contributed by atoms with Crippen molar-refractivity contribution in [3.63, 3.8) is 0 Å². The quantitative estimate of drug-likeness (QED) is 0.302. The summed E-state index contributed by atoms with van der Waals surface area (Å²) < 4.78 is 13.8. The zero-order valence-electron chi connectivity index (χ0n) is 15.6. The van der Waals surface area contributed by atoms with Gasteiger partial charge in [0, 0.05) is 21.2 Å². The summed E-state index contributed by atoms with van der Waals surface area (Å²) in [6, 6.07) is 17.4. The summed E-state index contributed by atoms with van der Waals surface area (Å²) in [5, 5.41) is 4.44. The lowest BCUT2D eigenvalue weighted by atomic mass is 10.2. The van der Waals surface area contributed by atoms with Crippen molar-refractivity contribution in [2.24, 2.45) is 0 Å². The van der Waals surface area contributed by atoms with E-state index in [1.54, 1.807) is 12.1 Å². The van der Waals surface area contributed by atoms with Crippen molar-refractivity contribution < 1.29 is 9.47 Å². The van der Waals surface area contributed by atoms with Crippen LogP contribution in [0.2, 0.25) is 10.0 Å². The Labute approximate surface area is 197 Å². The molecule has 29 heavy (non-hydrogen) atoms. The number of benzene rings is 3. The van der Waals surface area contributed by atoms with Crippen LogP contribution in [0.1, 0.15) is 18.1 Å². The number of hydrogen-bond donors (Lipinski definition) is 1. The highest BCUT2D eigenvalue weighted by molar-refractivity contribution is 9.10. The van der Waals surface area contributed by atoms with Gasteiger partial charge < -0.3 is 14.8 Å². The SMILES string of the molecule is CCOc1cc(CNc2ccc(Br)cc2)c(Br)cc1OCc1ccc(Cl)c(Cl)c1. The first-order valence-corrected chi connectivity index (χ1v) is 11.3. The Bertz CT molecular complexity index is 981. The number of nitrogens with one attached hydrogen (secondary N) is 1. The number of rotatable bonds is 8. The van der Waals surface area contributed by atoms with Gasteiger partial charge in [-0.25, -0.2) is 0 Å². The van der Waals surface area contributed by atoms with Gasteiger partial charge in [0.15, 0.2) is 11.5 Å². The second-order valence-corrected chi connectivity index (χ2v) is 8.81. The van der Waals surface area contributed by atoms with Gasteiger partial charge in [-0.1, -0.05) is 61.1 Å². The van der Waals surface area contributed by atoms with Gasteiger partial charge in [-0.05, 0) is 66.6 Å². The monoisotopic (exact) mass is 557 g/mol. The molecule has 0 spiro atoms. The standard InChI is InChI=1S/C22H19Br2Cl2NO2/c1-2-28-21-10-15(12-27-17-6-4-16(23)5-7-17)18(24)11-22(21)29-13-14-3-8-19(25)20(26)9-14/h3-11,27H,2,12-13H2,1H3. The lowest BCUT2D eigenvalue weighted by Crippen LogP contribution is -2.04. The van der Waals surface area contributed by atoms with Gasteiger partial charge in [-0.2, -0.15) is 0 Å². The van der Waals surface area contributed by atoms with Gasteiger partial charge in [-0.3, -0.25) is 0 Å². The molecule has 7 heteroatoms. The summed E-state index contributed by atoms with van der Waals surface area (Å²) in [6.45, 7) is 3.50. The van der Waals surface area contributed by atoms with E-state index in [0.29, 0.717) is 41.3 Å². The molecule has 0 amide bonds. The maximum absolute atomic E-state index is 6.09. The van der Waals surface area contributed by atoms with E-state index in [2.05, 4.69) is 37.2 Å². The predicted octanol–water partition coefficient (Wildman–Crippen LogP) is 8.11.